The Bertz CT molecular complexity index is 928. The SMILES string of the molecule is CN(CCCc1cc(-c2ccccc2)no1)C(=O)COc1cc(Cl)ccc1Cl. The molecule has 28 heavy (non-hydrogen) atoms. The van der Waals surface area contributed by atoms with E-state index in [4.69, 9.17) is 32.5 Å². The second-order valence-electron chi connectivity index (χ2n) is 6.33. The maximum Gasteiger partial charge on any atom is 0.260 e. The number of carbonyl (C=O) groups excluding carboxylic acids is 1. The monoisotopic (exact) mass is 418 g/mol. The molecule has 0 radical (unpaired) electrons. The summed E-state index contributed by atoms with van der Waals surface area (Å²) in [5.41, 5.74) is 1.83. The van der Waals surface area contributed by atoms with Crippen molar-refractivity contribution >= 4 is 29.1 Å². The summed E-state index contributed by atoms with van der Waals surface area (Å²) in [6, 6.07) is 16.7. The zero-order valence-electron chi connectivity index (χ0n) is 15.4. The molecule has 0 aliphatic carbocycles. The Balaban J connectivity index is 1.44. The lowest BCUT2D eigenvalue weighted by Gasteiger charge is -2.17. The summed E-state index contributed by atoms with van der Waals surface area (Å²) in [5, 5.41) is 5.02. The van der Waals surface area contributed by atoms with E-state index in [0.717, 1.165) is 23.4 Å². The van der Waals surface area contributed by atoms with Crippen LogP contribution in [-0.4, -0.2) is 36.2 Å². The van der Waals surface area contributed by atoms with Gasteiger partial charge in [0, 0.05) is 42.7 Å². The van der Waals surface area contributed by atoms with Crippen molar-refractivity contribution < 1.29 is 14.1 Å². The van der Waals surface area contributed by atoms with Crippen LogP contribution in [-0.2, 0) is 11.2 Å². The van der Waals surface area contributed by atoms with Crippen molar-refractivity contribution in [3.8, 4) is 17.0 Å². The first-order valence-corrected chi connectivity index (χ1v) is 9.61. The molecule has 0 atom stereocenters. The summed E-state index contributed by atoms with van der Waals surface area (Å²) < 4.78 is 10.9. The van der Waals surface area contributed by atoms with E-state index in [1.807, 2.05) is 36.4 Å². The molecule has 1 amide bonds. The number of aryl methyl sites for hydroxylation is 1. The van der Waals surface area contributed by atoms with E-state index in [1.54, 1.807) is 30.1 Å². The summed E-state index contributed by atoms with van der Waals surface area (Å²) in [5.74, 6) is 1.05. The maximum absolute atomic E-state index is 12.2. The van der Waals surface area contributed by atoms with E-state index >= 15 is 0 Å². The molecular formula is C21H20Cl2N2O3. The van der Waals surface area contributed by atoms with Crippen molar-refractivity contribution in [1.29, 1.82) is 0 Å². The molecule has 2 aromatic carbocycles. The number of benzene rings is 2. The Morgan fingerprint density at radius 2 is 1.93 bits per heavy atom. The average Bonchev–Trinajstić information content (AvgIpc) is 3.18. The van der Waals surface area contributed by atoms with Crippen LogP contribution in [0.4, 0.5) is 0 Å². The van der Waals surface area contributed by atoms with Gasteiger partial charge in [0.15, 0.2) is 6.61 Å². The number of nitrogens with zero attached hydrogens (tertiary/aromatic N) is 2. The molecule has 3 rings (SSSR count). The molecule has 0 bridgehead atoms. The highest BCUT2D eigenvalue weighted by atomic mass is 35.5. The Kier molecular flexibility index (Phi) is 6.95. The number of hydrogen-bond acceptors (Lipinski definition) is 4. The van der Waals surface area contributed by atoms with Gasteiger partial charge >= 0.3 is 0 Å². The molecule has 7 heteroatoms. The summed E-state index contributed by atoms with van der Waals surface area (Å²) in [7, 11) is 1.74. The van der Waals surface area contributed by atoms with Crippen LogP contribution >= 0.6 is 23.2 Å². The predicted molar refractivity (Wildman–Crippen MR) is 110 cm³/mol. The highest BCUT2D eigenvalue weighted by Gasteiger charge is 2.12. The molecule has 0 aliphatic heterocycles. The number of hydrogen-bond donors (Lipinski definition) is 0. The van der Waals surface area contributed by atoms with Gasteiger partial charge in [0.05, 0.1) is 5.02 Å². The van der Waals surface area contributed by atoms with Gasteiger partial charge in [-0.3, -0.25) is 4.79 Å². The largest absolute Gasteiger partial charge is 0.482 e. The molecule has 0 unspecified atom stereocenters. The van der Waals surface area contributed by atoms with Gasteiger partial charge in [0.1, 0.15) is 17.2 Å². The third-order valence-electron chi connectivity index (χ3n) is 4.22. The van der Waals surface area contributed by atoms with Crippen molar-refractivity contribution in [3.05, 3.63) is 70.4 Å². The minimum atomic E-state index is -0.140. The van der Waals surface area contributed by atoms with Crippen LogP contribution in [0.2, 0.25) is 10.0 Å². The molecule has 0 saturated heterocycles. The van der Waals surface area contributed by atoms with Crippen LogP contribution in [0, 0.1) is 0 Å². The Hall–Kier alpha value is -2.50. The van der Waals surface area contributed by atoms with Gasteiger partial charge in [-0.1, -0.05) is 58.7 Å². The molecule has 0 N–H and O–H groups in total. The molecule has 1 aromatic heterocycles. The van der Waals surface area contributed by atoms with Crippen molar-refractivity contribution in [3.63, 3.8) is 0 Å². The Labute approximate surface area is 173 Å². The fourth-order valence-electron chi connectivity index (χ4n) is 2.63. The number of ether oxygens (including phenoxy) is 1. The van der Waals surface area contributed by atoms with Gasteiger partial charge in [-0.15, -0.1) is 0 Å². The number of likely N-dealkylation sites (N-methyl/N-ethyl adjacent to an activating group) is 1. The van der Waals surface area contributed by atoms with Gasteiger partial charge in [-0.25, -0.2) is 0 Å². The Morgan fingerprint density at radius 3 is 2.71 bits per heavy atom. The molecule has 5 nitrogen and oxygen atoms in total. The average molecular weight is 419 g/mol. The van der Waals surface area contributed by atoms with Crippen LogP contribution in [0.25, 0.3) is 11.3 Å². The molecule has 146 valence electrons. The molecule has 0 fully saturated rings. The highest BCUT2D eigenvalue weighted by molar-refractivity contribution is 6.34. The molecule has 3 aromatic rings. The standard InChI is InChI=1S/C21H20Cl2N2O3/c1-25(21(26)14-27-20-12-16(22)9-10-18(20)23)11-5-8-17-13-19(24-28-17)15-6-3-2-4-7-15/h2-4,6-7,9-10,12-13H,5,8,11,14H2,1H3. The van der Waals surface area contributed by atoms with E-state index < -0.39 is 0 Å². The van der Waals surface area contributed by atoms with E-state index in [-0.39, 0.29) is 12.5 Å². The summed E-state index contributed by atoms with van der Waals surface area (Å²) >= 11 is 11.9. The molecular weight excluding hydrogens is 399 g/mol. The minimum absolute atomic E-state index is 0.100. The lowest BCUT2D eigenvalue weighted by molar-refractivity contribution is -0.132. The summed E-state index contributed by atoms with van der Waals surface area (Å²) in [4.78, 5) is 13.9. The first-order chi connectivity index (χ1) is 13.5. The van der Waals surface area contributed by atoms with Crippen molar-refractivity contribution in [1.82, 2.24) is 10.1 Å². The minimum Gasteiger partial charge on any atom is -0.482 e. The zero-order chi connectivity index (χ0) is 19.9. The number of rotatable bonds is 8. The zero-order valence-corrected chi connectivity index (χ0v) is 16.9. The second kappa shape index (κ2) is 9.62. The fraction of sp³-hybridized carbons (Fsp3) is 0.238. The van der Waals surface area contributed by atoms with E-state index in [2.05, 4.69) is 5.16 Å². The molecule has 0 aliphatic rings. The van der Waals surface area contributed by atoms with E-state index in [1.165, 1.54) is 0 Å². The lowest BCUT2D eigenvalue weighted by Crippen LogP contribution is -2.32. The lowest BCUT2D eigenvalue weighted by atomic mass is 10.1. The summed E-state index contributed by atoms with van der Waals surface area (Å²) in [6.45, 7) is 0.476. The third-order valence-corrected chi connectivity index (χ3v) is 4.76. The van der Waals surface area contributed by atoms with Gasteiger partial charge in [0.2, 0.25) is 0 Å². The summed E-state index contributed by atoms with van der Waals surface area (Å²) in [6.07, 6.45) is 1.45. The van der Waals surface area contributed by atoms with Gasteiger partial charge in [-0.05, 0) is 18.6 Å². The maximum atomic E-state index is 12.2. The predicted octanol–water partition coefficient (Wildman–Crippen LogP) is 5.12. The number of carbonyl (C=O) groups is 1. The van der Waals surface area contributed by atoms with Crippen LogP contribution in [0.3, 0.4) is 0 Å². The molecule has 0 spiro atoms. The van der Waals surface area contributed by atoms with Crippen LogP contribution in [0.15, 0.2) is 59.1 Å². The van der Waals surface area contributed by atoms with Crippen molar-refractivity contribution in [2.24, 2.45) is 0 Å². The number of amides is 1. The molecule has 1 heterocycles. The quantitative estimate of drug-likeness (QED) is 0.509. The van der Waals surface area contributed by atoms with Crippen LogP contribution in [0.5, 0.6) is 5.75 Å². The molecule has 0 saturated carbocycles. The first-order valence-electron chi connectivity index (χ1n) is 8.86. The van der Waals surface area contributed by atoms with Crippen molar-refractivity contribution in [2.75, 3.05) is 20.2 Å². The highest BCUT2D eigenvalue weighted by Crippen LogP contribution is 2.27. The van der Waals surface area contributed by atoms with Gasteiger partial charge in [0.25, 0.3) is 5.91 Å². The van der Waals surface area contributed by atoms with E-state index in [9.17, 15) is 4.79 Å². The van der Waals surface area contributed by atoms with Crippen molar-refractivity contribution in [2.45, 2.75) is 12.8 Å². The second-order valence-corrected chi connectivity index (χ2v) is 7.17. The number of aromatic nitrogens is 1. The topological polar surface area (TPSA) is 55.6 Å². The van der Waals surface area contributed by atoms with Gasteiger partial charge in [-0.2, -0.15) is 0 Å². The van der Waals surface area contributed by atoms with Gasteiger partial charge < -0.3 is 14.2 Å². The van der Waals surface area contributed by atoms with E-state index in [0.29, 0.717) is 28.8 Å². The smallest absolute Gasteiger partial charge is 0.260 e. The Morgan fingerprint density at radius 1 is 1.14 bits per heavy atom. The third kappa shape index (κ3) is 5.50. The normalized spacial score (nSPS) is 10.7. The number of halogens is 2. The first kappa shape index (κ1) is 20.2. The fourth-order valence-corrected chi connectivity index (χ4v) is 2.96. The van der Waals surface area contributed by atoms with Crippen LogP contribution < -0.4 is 4.74 Å². The van der Waals surface area contributed by atoms with Crippen LogP contribution in [0.1, 0.15) is 12.2 Å².